The van der Waals surface area contributed by atoms with Crippen molar-refractivity contribution in [3.8, 4) is 0 Å². The minimum atomic E-state index is -0.116. The maximum absolute atomic E-state index is 2.47. The number of benzene rings is 7. The summed E-state index contributed by atoms with van der Waals surface area (Å²) in [6, 6.07) is 30.1. The van der Waals surface area contributed by atoms with Crippen LogP contribution < -0.4 is 5.22 Å². The molecule has 0 radical (unpaired) electrons. The van der Waals surface area contributed by atoms with Crippen LogP contribution >= 0.6 is 0 Å². The van der Waals surface area contributed by atoms with Crippen molar-refractivity contribution in [1.29, 1.82) is 0 Å². The largest absolute Gasteiger partial charge is 0.0830 e. The van der Waals surface area contributed by atoms with E-state index in [2.05, 4.69) is 121 Å². The normalized spacial score (nSPS) is 19.9. The number of hydrogen-bond acceptors (Lipinski definition) is 0. The van der Waals surface area contributed by atoms with Gasteiger partial charge in [-0.1, -0.05) is 109 Å². The second-order valence-corrected chi connectivity index (χ2v) is 11.2. The Morgan fingerprint density at radius 2 is 1.37 bits per heavy atom. The van der Waals surface area contributed by atoms with Crippen LogP contribution in [0.2, 0.25) is 0 Å². The second kappa shape index (κ2) is 6.41. The molecule has 0 N–H and O–H groups in total. The molecule has 38 heavy (non-hydrogen) atoms. The van der Waals surface area contributed by atoms with E-state index in [0.29, 0.717) is 0 Å². The van der Waals surface area contributed by atoms with Crippen LogP contribution in [0.1, 0.15) is 12.0 Å². The molecule has 3 aliphatic carbocycles. The Bertz CT molecular complexity index is 2410. The third-order valence-corrected chi connectivity index (χ3v) is 9.58. The highest BCUT2D eigenvalue weighted by Gasteiger charge is 2.41. The summed E-state index contributed by atoms with van der Waals surface area (Å²) in [6.45, 7) is 0. The highest BCUT2D eigenvalue weighted by molar-refractivity contribution is 6.39. The van der Waals surface area contributed by atoms with Crippen molar-refractivity contribution in [2.24, 2.45) is 5.41 Å². The van der Waals surface area contributed by atoms with Crippen molar-refractivity contribution >= 4 is 75.8 Å². The lowest BCUT2D eigenvalue weighted by atomic mass is 9.61. The Labute approximate surface area is 219 Å². The van der Waals surface area contributed by atoms with Crippen molar-refractivity contribution in [1.82, 2.24) is 0 Å². The predicted octanol–water partition coefficient (Wildman–Crippen LogP) is 9.38. The average Bonchev–Trinajstić information content (AvgIpc) is 2.97. The van der Waals surface area contributed by atoms with Crippen molar-refractivity contribution in [2.75, 3.05) is 0 Å². The molecule has 0 amide bonds. The van der Waals surface area contributed by atoms with Crippen LogP contribution in [-0.4, -0.2) is 0 Å². The van der Waals surface area contributed by atoms with Gasteiger partial charge in [0, 0.05) is 5.41 Å². The first kappa shape index (κ1) is 19.4. The Morgan fingerprint density at radius 1 is 0.553 bits per heavy atom. The fraction of sp³-hybridized carbons (Fsp3) is 0.0526. The van der Waals surface area contributed by atoms with Crippen LogP contribution in [0.25, 0.3) is 75.8 Å². The van der Waals surface area contributed by atoms with Crippen LogP contribution in [0.3, 0.4) is 0 Å². The zero-order valence-corrected chi connectivity index (χ0v) is 20.8. The first-order valence-electron chi connectivity index (χ1n) is 13.6. The summed E-state index contributed by atoms with van der Waals surface area (Å²) in [5.41, 5.74) is 4.15. The number of hydrogen-bond donors (Lipinski definition) is 0. The van der Waals surface area contributed by atoms with Crippen molar-refractivity contribution in [2.45, 2.75) is 6.42 Å². The van der Waals surface area contributed by atoms with E-state index in [1.54, 1.807) is 0 Å². The molecule has 0 heterocycles. The monoisotopic (exact) mass is 478 g/mol. The molecule has 0 fully saturated rings. The third-order valence-electron chi connectivity index (χ3n) is 9.58. The minimum absolute atomic E-state index is 0.116. The summed E-state index contributed by atoms with van der Waals surface area (Å²) in [6.07, 6.45) is 17.3. The van der Waals surface area contributed by atoms with Crippen molar-refractivity contribution in [3.05, 3.63) is 132 Å². The Hall–Kier alpha value is -4.68. The molecule has 174 valence electrons. The summed E-state index contributed by atoms with van der Waals surface area (Å²) in [4.78, 5) is 0. The van der Waals surface area contributed by atoms with Crippen LogP contribution in [0.4, 0.5) is 0 Å². The molecule has 0 saturated heterocycles. The van der Waals surface area contributed by atoms with Gasteiger partial charge >= 0.3 is 0 Å². The van der Waals surface area contributed by atoms with Gasteiger partial charge in [-0.2, -0.15) is 0 Å². The Kier molecular flexibility index (Phi) is 3.28. The highest BCUT2D eigenvalue weighted by atomic mass is 14.4. The standard InChI is InChI=1S/C38H22/c1-3-18-38-19-4-2-15-31(38)37-34-25(11-7-13-27(34)30(38)14-1)21-29-26-12-6-10-24-20-23-9-5-8-22-16-17-28(35(29)37)36(32(22)23)33(24)26/h1-17,19-21H,18H2. The maximum atomic E-state index is 2.47. The van der Waals surface area contributed by atoms with Gasteiger partial charge in [-0.05, 0) is 105 Å². The fourth-order valence-corrected chi connectivity index (χ4v) is 8.14. The molecule has 3 aliphatic rings. The topological polar surface area (TPSA) is 0 Å². The zero-order chi connectivity index (χ0) is 24.6. The lowest BCUT2D eigenvalue weighted by molar-refractivity contribution is 0.674. The SMILES string of the molecule is C1=CCC23C=CC=CC2=c2c4c(cccc4cc4c5cccc6cc7cccc8ccc(c24)c(c87)c65)C3=C1. The first-order chi connectivity index (χ1) is 18.8. The molecule has 0 aliphatic heterocycles. The van der Waals surface area contributed by atoms with Gasteiger partial charge in [-0.25, -0.2) is 0 Å². The predicted molar refractivity (Wildman–Crippen MR) is 164 cm³/mol. The number of rotatable bonds is 0. The van der Waals surface area contributed by atoms with Gasteiger partial charge in [0.15, 0.2) is 0 Å². The second-order valence-electron chi connectivity index (χ2n) is 11.2. The summed E-state index contributed by atoms with van der Waals surface area (Å²) in [7, 11) is 0. The van der Waals surface area contributed by atoms with Gasteiger partial charge in [0.2, 0.25) is 0 Å². The van der Waals surface area contributed by atoms with E-state index in [0.717, 1.165) is 6.42 Å². The zero-order valence-electron chi connectivity index (χ0n) is 20.8. The molecule has 7 aromatic rings. The molecule has 0 saturated carbocycles. The van der Waals surface area contributed by atoms with Crippen LogP contribution in [0.5, 0.6) is 0 Å². The molecule has 0 heteroatoms. The summed E-state index contributed by atoms with van der Waals surface area (Å²) in [5.74, 6) is 0. The van der Waals surface area contributed by atoms with E-state index in [1.807, 2.05) is 0 Å². The third kappa shape index (κ3) is 2.06. The van der Waals surface area contributed by atoms with Gasteiger partial charge in [0.1, 0.15) is 0 Å². The van der Waals surface area contributed by atoms with Crippen LogP contribution in [0.15, 0.2) is 121 Å². The molecule has 1 unspecified atom stereocenters. The van der Waals surface area contributed by atoms with E-state index >= 15 is 0 Å². The lowest BCUT2D eigenvalue weighted by Crippen LogP contribution is -2.33. The minimum Gasteiger partial charge on any atom is -0.0830 e. The molecule has 0 aromatic heterocycles. The molecule has 7 aromatic carbocycles. The first-order valence-corrected chi connectivity index (χ1v) is 13.6. The molecule has 10 rings (SSSR count). The van der Waals surface area contributed by atoms with Crippen molar-refractivity contribution < 1.29 is 0 Å². The van der Waals surface area contributed by atoms with Crippen LogP contribution in [0, 0.1) is 5.41 Å². The molecular weight excluding hydrogens is 456 g/mol. The number of fused-ring (bicyclic) bond motifs is 5. The van der Waals surface area contributed by atoms with Gasteiger partial charge in [-0.3, -0.25) is 0 Å². The molecule has 0 bridgehead atoms. The summed E-state index contributed by atoms with van der Waals surface area (Å²) < 4.78 is 0. The van der Waals surface area contributed by atoms with Crippen molar-refractivity contribution in [3.63, 3.8) is 0 Å². The van der Waals surface area contributed by atoms with Gasteiger partial charge in [0.25, 0.3) is 0 Å². The van der Waals surface area contributed by atoms with E-state index < -0.39 is 0 Å². The Morgan fingerprint density at radius 3 is 2.32 bits per heavy atom. The quantitative estimate of drug-likeness (QED) is 0.150. The average molecular weight is 479 g/mol. The molecule has 1 spiro atoms. The molecule has 1 atom stereocenters. The van der Waals surface area contributed by atoms with Gasteiger partial charge in [-0.15, -0.1) is 0 Å². The smallest absolute Gasteiger partial charge is 0.0431 e. The molecular formula is C38H22. The van der Waals surface area contributed by atoms with Crippen LogP contribution in [-0.2, 0) is 0 Å². The fourth-order valence-electron chi connectivity index (χ4n) is 8.14. The maximum Gasteiger partial charge on any atom is 0.0431 e. The highest BCUT2D eigenvalue weighted by Crippen LogP contribution is 2.54. The van der Waals surface area contributed by atoms with E-state index in [4.69, 9.17) is 0 Å². The van der Waals surface area contributed by atoms with E-state index in [9.17, 15) is 0 Å². The van der Waals surface area contributed by atoms with Gasteiger partial charge in [0.05, 0.1) is 0 Å². The van der Waals surface area contributed by atoms with Gasteiger partial charge < -0.3 is 0 Å². The summed E-state index contributed by atoms with van der Waals surface area (Å²) in [5, 5.41) is 17.9. The van der Waals surface area contributed by atoms with E-state index in [-0.39, 0.29) is 5.41 Å². The Balaban J connectivity index is 1.62. The summed E-state index contributed by atoms with van der Waals surface area (Å²) >= 11 is 0. The van der Waals surface area contributed by atoms with E-state index in [1.165, 1.54) is 86.6 Å². The molecule has 0 nitrogen and oxygen atoms in total. The lowest BCUT2D eigenvalue weighted by Gasteiger charge is -2.41. The number of allylic oxidation sites excluding steroid dienone is 8.